The highest BCUT2D eigenvalue weighted by Gasteiger charge is 2.28. The van der Waals surface area contributed by atoms with E-state index in [0.29, 0.717) is 23.9 Å². The molecule has 1 unspecified atom stereocenters. The van der Waals surface area contributed by atoms with Gasteiger partial charge in [-0.3, -0.25) is 13.8 Å². The summed E-state index contributed by atoms with van der Waals surface area (Å²) in [5.41, 5.74) is 0. The molecule has 0 rings (SSSR count). The van der Waals surface area contributed by atoms with Crippen molar-refractivity contribution in [1.82, 2.24) is 5.32 Å². The monoisotopic (exact) mass is 704 g/mol. The summed E-state index contributed by atoms with van der Waals surface area (Å²) in [6.45, 7) is 4.83. The fourth-order valence-electron chi connectivity index (χ4n) is 5.74. The van der Waals surface area contributed by atoms with Crippen molar-refractivity contribution in [2.24, 2.45) is 0 Å². The fraction of sp³-hybridized carbons (Fsp3) is 0.923. The van der Waals surface area contributed by atoms with Gasteiger partial charge in [0, 0.05) is 6.42 Å². The van der Waals surface area contributed by atoms with Gasteiger partial charge < -0.3 is 19.8 Å². The maximum atomic E-state index is 12.8. The Kier molecular flexibility index (Phi) is 31.7. The summed E-state index contributed by atoms with van der Waals surface area (Å²) in [7, 11) is 1.60. The van der Waals surface area contributed by atoms with Gasteiger partial charge in [0.15, 0.2) is 0 Å². The molecule has 8 nitrogen and oxygen atoms in total. The van der Waals surface area contributed by atoms with Crippen molar-refractivity contribution in [2.75, 3.05) is 40.9 Å². The van der Waals surface area contributed by atoms with Crippen molar-refractivity contribution in [1.29, 1.82) is 0 Å². The summed E-state index contributed by atoms with van der Waals surface area (Å²) in [6, 6.07) is -0.768. The number of phosphoric acid groups is 1. The van der Waals surface area contributed by atoms with Crippen LogP contribution in [0.1, 0.15) is 181 Å². The molecule has 0 radical (unpaired) electrons. The number of nitrogens with zero attached hydrogens (tertiary/aromatic N) is 1. The van der Waals surface area contributed by atoms with E-state index in [0.717, 1.165) is 44.9 Å². The molecule has 0 spiro atoms. The van der Waals surface area contributed by atoms with Crippen LogP contribution in [-0.4, -0.2) is 73.4 Å². The summed E-state index contributed by atoms with van der Waals surface area (Å²) in [5.74, 6) is -0.155. The minimum Gasteiger partial charge on any atom is -0.391 e. The summed E-state index contributed by atoms with van der Waals surface area (Å²) in [4.78, 5) is 23.0. The lowest BCUT2D eigenvalue weighted by molar-refractivity contribution is -0.870. The SMILES string of the molecule is CCCCCC/C=C/CCCC[C@@H](O)[C@H](COP(=O)(O)OCC[N+](C)(C)C)NC(=O)CCCCCCCCCCCCCCCCCC. The van der Waals surface area contributed by atoms with Crippen molar-refractivity contribution in [3.63, 3.8) is 0 Å². The molecular weight excluding hydrogens is 623 g/mol. The van der Waals surface area contributed by atoms with E-state index in [1.165, 1.54) is 109 Å². The van der Waals surface area contributed by atoms with Crippen LogP contribution >= 0.6 is 7.82 Å². The number of amides is 1. The first-order chi connectivity index (χ1) is 23.0. The molecule has 0 heterocycles. The van der Waals surface area contributed by atoms with E-state index >= 15 is 0 Å². The highest BCUT2D eigenvalue weighted by atomic mass is 31.2. The average Bonchev–Trinajstić information content (AvgIpc) is 3.02. The van der Waals surface area contributed by atoms with Crippen molar-refractivity contribution in [3.8, 4) is 0 Å². The molecule has 286 valence electrons. The van der Waals surface area contributed by atoms with Gasteiger partial charge in [-0.15, -0.1) is 0 Å². The second-order valence-corrected chi connectivity index (χ2v) is 16.5. The second-order valence-electron chi connectivity index (χ2n) is 15.0. The van der Waals surface area contributed by atoms with Crippen LogP contribution in [-0.2, 0) is 18.4 Å². The van der Waals surface area contributed by atoms with Crippen molar-refractivity contribution in [2.45, 2.75) is 193 Å². The number of carbonyl (C=O) groups excluding carboxylic acids is 1. The molecule has 0 aliphatic rings. The number of phosphoric ester groups is 1. The number of aliphatic hydroxyl groups excluding tert-OH is 1. The van der Waals surface area contributed by atoms with E-state index in [1.807, 2.05) is 21.1 Å². The molecule has 0 aliphatic carbocycles. The summed E-state index contributed by atoms with van der Waals surface area (Å²) in [5, 5.41) is 13.8. The molecule has 0 aromatic heterocycles. The second kappa shape index (κ2) is 32.2. The summed E-state index contributed by atoms with van der Waals surface area (Å²) >= 11 is 0. The topological polar surface area (TPSA) is 105 Å². The van der Waals surface area contributed by atoms with Crippen molar-refractivity contribution >= 4 is 13.7 Å². The number of rotatable bonds is 36. The first-order valence-electron chi connectivity index (χ1n) is 20.1. The number of quaternary nitrogens is 1. The normalized spacial score (nSPS) is 14.7. The number of hydrogen-bond acceptors (Lipinski definition) is 5. The predicted octanol–water partition coefficient (Wildman–Crippen LogP) is 10.4. The lowest BCUT2D eigenvalue weighted by Crippen LogP contribution is -2.46. The van der Waals surface area contributed by atoms with Crippen LogP contribution in [0.25, 0.3) is 0 Å². The van der Waals surface area contributed by atoms with Crippen LogP contribution in [0.5, 0.6) is 0 Å². The quantitative estimate of drug-likeness (QED) is 0.0260. The minimum atomic E-state index is -4.31. The molecule has 9 heteroatoms. The van der Waals surface area contributed by atoms with E-state index in [2.05, 4.69) is 31.3 Å². The molecule has 3 atom stereocenters. The Morgan fingerprint density at radius 2 is 1.12 bits per heavy atom. The van der Waals surface area contributed by atoms with Crippen LogP contribution in [0.15, 0.2) is 12.2 Å². The van der Waals surface area contributed by atoms with Gasteiger partial charge in [0.1, 0.15) is 13.2 Å². The van der Waals surface area contributed by atoms with Gasteiger partial charge in [-0.25, -0.2) is 4.57 Å². The summed E-state index contributed by atoms with van der Waals surface area (Å²) in [6.07, 6.45) is 33.8. The molecule has 3 N–H and O–H groups in total. The van der Waals surface area contributed by atoms with Crippen LogP contribution in [0.3, 0.4) is 0 Å². The van der Waals surface area contributed by atoms with E-state index < -0.39 is 20.0 Å². The zero-order valence-electron chi connectivity index (χ0n) is 32.2. The molecule has 0 saturated carbocycles. The third kappa shape index (κ3) is 33.7. The molecule has 0 aromatic carbocycles. The minimum absolute atomic E-state index is 0.0717. The Labute approximate surface area is 297 Å². The molecule has 0 aromatic rings. The van der Waals surface area contributed by atoms with E-state index in [4.69, 9.17) is 9.05 Å². The lowest BCUT2D eigenvalue weighted by atomic mass is 10.0. The maximum Gasteiger partial charge on any atom is 0.472 e. The zero-order chi connectivity index (χ0) is 35.8. The zero-order valence-corrected chi connectivity index (χ0v) is 33.1. The molecule has 1 amide bonds. The number of carbonyl (C=O) groups is 1. The van der Waals surface area contributed by atoms with E-state index in [-0.39, 0.29) is 19.1 Å². The molecular formula is C39H80N2O6P+. The number of nitrogens with one attached hydrogen (secondary N) is 1. The van der Waals surface area contributed by atoms with Crippen LogP contribution in [0.2, 0.25) is 0 Å². The molecule has 0 bridgehead atoms. The molecule has 0 aliphatic heterocycles. The summed E-state index contributed by atoms with van der Waals surface area (Å²) < 4.78 is 23.5. The lowest BCUT2D eigenvalue weighted by Gasteiger charge is -2.26. The van der Waals surface area contributed by atoms with Crippen LogP contribution < -0.4 is 5.32 Å². The van der Waals surface area contributed by atoms with Gasteiger partial charge in [-0.2, -0.15) is 0 Å². The first-order valence-corrected chi connectivity index (χ1v) is 21.5. The number of unbranched alkanes of at least 4 members (excludes halogenated alkanes) is 21. The third-order valence-corrected chi connectivity index (χ3v) is 10.00. The van der Waals surface area contributed by atoms with Gasteiger partial charge in [0.2, 0.25) is 5.91 Å². The fourth-order valence-corrected chi connectivity index (χ4v) is 6.48. The largest absolute Gasteiger partial charge is 0.472 e. The molecule has 0 fully saturated rings. The van der Waals surface area contributed by atoms with Crippen molar-refractivity contribution < 1.29 is 32.9 Å². The number of allylic oxidation sites excluding steroid dienone is 2. The highest BCUT2D eigenvalue weighted by Crippen LogP contribution is 2.43. The standard InChI is InChI=1S/C39H79N2O6P/c1-6-8-10-12-14-16-18-19-20-21-22-23-25-27-29-31-33-39(43)40-37(36-47-48(44,45)46-35-34-41(3,4)5)38(42)32-30-28-26-24-17-15-13-11-9-7-2/h17,24,37-38,42H,6-16,18-23,25-36H2,1-5H3,(H-,40,43,44,45)/p+1/b24-17+/t37-,38+/m0/s1. The predicted molar refractivity (Wildman–Crippen MR) is 203 cm³/mol. The van der Waals surface area contributed by atoms with Gasteiger partial charge in [-0.05, 0) is 38.5 Å². The van der Waals surface area contributed by atoms with Gasteiger partial charge in [0.05, 0.1) is 39.9 Å². The Morgan fingerprint density at radius 1 is 0.688 bits per heavy atom. The maximum absolute atomic E-state index is 12.8. The Hall–Kier alpha value is -0.760. The van der Waals surface area contributed by atoms with E-state index in [9.17, 15) is 19.4 Å². The average molecular weight is 704 g/mol. The van der Waals surface area contributed by atoms with E-state index in [1.54, 1.807) is 0 Å². The van der Waals surface area contributed by atoms with Crippen molar-refractivity contribution in [3.05, 3.63) is 12.2 Å². The number of likely N-dealkylation sites (N-methyl/N-ethyl adjacent to an activating group) is 1. The Balaban J connectivity index is 4.39. The van der Waals surface area contributed by atoms with Gasteiger partial charge >= 0.3 is 7.82 Å². The number of hydrogen-bond donors (Lipinski definition) is 3. The molecule has 48 heavy (non-hydrogen) atoms. The van der Waals surface area contributed by atoms with Gasteiger partial charge in [-0.1, -0.05) is 148 Å². The smallest absolute Gasteiger partial charge is 0.391 e. The Morgan fingerprint density at radius 3 is 1.60 bits per heavy atom. The number of aliphatic hydroxyl groups is 1. The Bertz CT molecular complexity index is 804. The van der Waals surface area contributed by atoms with Crippen LogP contribution in [0.4, 0.5) is 0 Å². The highest BCUT2D eigenvalue weighted by molar-refractivity contribution is 7.47. The molecule has 0 saturated heterocycles. The third-order valence-electron chi connectivity index (χ3n) is 9.01. The van der Waals surface area contributed by atoms with Gasteiger partial charge in [0.25, 0.3) is 0 Å². The van der Waals surface area contributed by atoms with Crippen LogP contribution in [0, 0.1) is 0 Å². The first kappa shape index (κ1) is 47.2.